The van der Waals surface area contributed by atoms with Gasteiger partial charge in [-0.3, -0.25) is 0 Å². The highest BCUT2D eigenvalue weighted by molar-refractivity contribution is 5.50. The maximum Gasteiger partial charge on any atom is 0.573 e. The Balaban J connectivity index is 1.83. The molecule has 158 valence electrons. The second kappa shape index (κ2) is 8.44. The molecule has 0 aliphatic carbocycles. The zero-order valence-corrected chi connectivity index (χ0v) is 16.6. The van der Waals surface area contributed by atoms with E-state index in [0.717, 1.165) is 22.6 Å². The number of nitrogens with one attached hydrogen (secondary N) is 1. The van der Waals surface area contributed by atoms with E-state index < -0.39 is 6.36 Å². The van der Waals surface area contributed by atoms with Crippen LogP contribution in [0.4, 0.5) is 24.9 Å². The maximum absolute atomic E-state index is 12.4. The van der Waals surface area contributed by atoms with Crippen molar-refractivity contribution >= 4 is 11.8 Å². The van der Waals surface area contributed by atoms with E-state index in [1.165, 1.54) is 12.1 Å². The lowest BCUT2D eigenvalue weighted by Crippen LogP contribution is -2.32. The Morgan fingerprint density at radius 2 is 1.93 bits per heavy atom. The summed E-state index contributed by atoms with van der Waals surface area (Å²) < 4.78 is 41.4. The van der Waals surface area contributed by atoms with Gasteiger partial charge in [-0.25, -0.2) is 4.98 Å². The van der Waals surface area contributed by atoms with E-state index in [4.69, 9.17) is 0 Å². The van der Waals surface area contributed by atoms with Gasteiger partial charge in [0, 0.05) is 25.2 Å². The highest BCUT2D eigenvalue weighted by Crippen LogP contribution is 2.30. The summed E-state index contributed by atoms with van der Waals surface area (Å²) in [6.07, 6.45) is -4.11. The molecule has 0 unspecified atom stereocenters. The summed E-state index contributed by atoms with van der Waals surface area (Å²) in [4.78, 5) is 11.2. The van der Waals surface area contributed by atoms with Gasteiger partial charge in [0.1, 0.15) is 11.6 Å². The van der Waals surface area contributed by atoms with Crippen LogP contribution in [0.2, 0.25) is 0 Å². The van der Waals surface area contributed by atoms with Crippen molar-refractivity contribution in [3.05, 3.63) is 41.1 Å². The van der Waals surface area contributed by atoms with Gasteiger partial charge in [0.2, 0.25) is 5.95 Å². The first-order chi connectivity index (χ1) is 13.6. The minimum absolute atomic E-state index is 0.0377. The SMILES string of the molecule is CC(C)c1cc(N2CCc3cc(OC(F)(F)F)ccc3C2)nc(N[C@H](C)CO)n1. The molecule has 0 radical (unpaired) electrons. The molecular formula is C20H25F3N4O2. The molecule has 2 aromatic rings. The lowest BCUT2D eigenvalue weighted by Gasteiger charge is -2.31. The molecule has 1 atom stereocenters. The largest absolute Gasteiger partial charge is 0.573 e. The van der Waals surface area contributed by atoms with Crippen LogP contribution in [0, 0.1) is 0 Å². The third kappa shape index (κ3) is 5.50. The Labute approximate surface area is 167 Å². The number of ether oxygens (including phenoxy) is 1. The molecule has 1 aromatic heterocycles. The Morgan fingerprint density at radius 1 is 1.17 bits per heavy atom. The average Bonchev–Trinajstić information content (AvgIpc) is 2.65. The Hall–Kier alpha value is -2.55. The van der Waals surface area contributed by atoms with Gasteiger partial charge in [-0.1, -0.05) is 19.9 Å². The lowest BCUT2D eigenvalue weighted by molar-refractivity contribution is -0.274. The van der Waals surface area contributed by atoms with E-state index in [1.54, 1.807) is 6.07 Å². The molecule has 29 heavy (non-hydrogen) atoms. The number of fused-ring (bicyclic) bond motifs is 1. The van der Waals surface area contributed by atoms with Gasteiger partial charge in [-0.05, 0) is 42.5 Å². The molecule has 2 N–H and O–H groups in total. The first-order valence-electron chi connectivity index (χ1n) is 9.53. The van der Waals surface area contributed by atoms with E-state index in [1.807, 2.05) is 26.8 Å². The molecule has 1 aliphatic rings. The number of aliphatic hydroxyl groups is 1. The van der Waals surface area contributed by atoms with Gasteiger partial charge in [-0.2, -0.15) is 4.98 Å². The zero-order valence-electron chi connectivity index (χ0n) is 16.6. The number of hydrogen-bond donors (Lipinski definition) is 2. The summed E-state index contributed by atoms with van der Waals surface area (Å²) in [7, 11) is 0. The highest BCUT2D eigenvalue weighted by atomic mass is 19.4. The van der Waals surface area contributed by atoms with E-state index in [9.17, 15) is 18.3 Å². The number of halogens is 3. The second-order valence-electron chi connectivity index (χ2n) is 7.51. The van der Waals surface area contributed by atoms with Crippen LogP contribution < -0.4 is 15.0 Å². The molecule has 0 spiro atoms. The molecule has 0 amide bonds. The van der Waals surface area contributed by atoms with Gasteiger partial charge < -0.3 is 20.1 Å². The van der Waals surface area contributed by atoms with E-state index in [2.05, 4.69) is 24.9 Å². The number of anilines is 2. The Kier molecular flexibility index (Phi) is 6.16. The molecule has 0 bridgehead atoms. The summed E-state index contributed by atoms with van der Waals surface area (Å²) in [6, 6.07) is 6.21. The number of benzene rings is 1. The van der Waals surface area contributed by atoms with Crippen molar-refractivity contribution in [2.45, 2.75) is 52.1 Å². The molecule has 0 saturated carbocycles. The lowest BCUT2D eigenvalue weighted by atomic mass is 9.99. The number of aliphatic hydroxyl groups excluding tert-OH is 1. The second-order valence-corrected chi connectivity index (χ2v) is 7.51. The standard InChI is InChI=1S/C20H25F3N4O2/c1-12(2)17-9-18(26-19(25-17)24-13(3)11-28)27-7-6-14-8-16(29-20(21,22)23)5-4-15(14)10-27/h4-5,8-9,12-13,28H,6-7,10-11H2,1-3H3,(H,24,25,26)/t13-/m1/s1. The Morgan fingerprint density at radius 3 is 2.59 bits per heavy atom. The summed E-state index contributed by atoms with van der Waals surface area (Å²) in [6.45, 7) is 7.03. The number of aromatic nitrogens is 2. The van der Waals surface area contributed by atoms with Crippen molar-refractivity contribution in [3.63, 3.8) is 0 Å². The van der Waals surface area contributed by atoms with Gasteiger partial charge in [0.15, 0.2) is 0 Å². The highest BCUT2D eigenvalue weighted by Gasteiger charge is 2.31. The summed E-state index contributed by atoms with van der Waals surface area (Å²) in [5.74, 6) is 1.20. The van der Waals surface area contributed by atoms with Crippen molar-refractivity contribution in [2.75, 3.05) is 23.4 Å². The Bertz CT molecular complexity index is 858. The topological polar surface area (TPSA) is 70.5 Å². The monoisotopic (exact) mass is 410 g/mol. The summed E-state index contributed by atoms with van der Waals surface area (Å²) in [5.41, 5.74) is 2.66. The normalized spacial score (nSPS) is 15.2. The van der Waals surface area contributed by atoms with Gasteiger partial charge >= 0.3 is 6.36 Å². The molecule has 2 heterocycles. The van der Waals surface area contributed by atoms with Crippen LogP contribution in [0.3, 0.4) is 0 Å². The van der Waals surface area contributed by atoms with Crippen LogP contribution in [0.15, 0.2) is 24.3 Å². The average molecular weight is 410 g/mol. The third-order valence-electron chi connectivity index (χ3n) is 4.72. The number of alkyl halides is 3. The third-order valence-corrected chi connectivity index (χ3v) is 4.72. The fourth-order valence-electron chi connectivity index (χ4n) is 3.16. The molecule has 0 fully saturated rings. The van der Waals surface area contributed by atoms with Crippen molar-refractivity contribution in [1.82, 2.24) is 9.97 Å². The summed E-state index contributed by atoms with van der Waals surface area (Å²) in [5, 5.41) is 12.4. The molecule has 0 saturated heterocycles. The van der Waals surface area contributed by atoms with Crippen LogP contribution in [0.1, 0.15) is 43.5 Å². The minimum atomic E-state index is -4.70. The van der Waals surface area contributed by atoms with Crippen molar-refractivity contribution in [2.24, 2.45) is 0 Å². The van der Waals surface area contributed by atoms with Crippen molar-refractivity contribution in [3.8, 4) is 5.75 Å². The predicted molar refractivity (Wildman–Crippen MR) is 104 cm³/mol. The molecule has 9 heteroatoms. The fourth-order valence-corrected chi connectivity index (χ4v) is 3.16. The maximum atomic E-state index is 12.4. The molecule has 1 aromatic carbocycles. The van der Waals surface area contributed by atoms with E-state index >= 15 is 0 Å². The van der Waals surface area contributed by atoms with Crippen molar-refractivity contribution < 1.29 is 23.0 Å². The number of hydrogen-bond acceptors (Lipinski definition) is 6. The molecule has 3 rings (SSSR count). The number of nitrogens with zero attached hydrogens (tertiary/aromatic N) is 3. The first kappa shape index (κ1) is 21.2. The van der Waals surface area contributed by atoms with E-state index in [-0.39, 0.29) is 24.3 Å². The predicted octanol–water partition coefficient (Wildman–Crippen LogP) is 3.85. The van der Waals surface area contributed by atoms with Gasteiger partial charge in [0.25, 0.3) is 0 Å². The molecular weight excluding hydrogens is 385 g/mol. The smallest absolute Gasteiger partial charge is 0.406 e. The first-order valence-corrected chi connectivity index (χ1v) is 9.53. The van der Waals surface area contributed by atoms with Crippen LogP contribution in [0.5, 0.6) is 5.75 Å². The molecule has 1 aliphatic heterocycles. The zero-order chi connectivity index (χ0) is 21.2. The van der Waals surface area contributed by atoms with Crippen LogP contribution in [-0.4, -0.2) is 40.6 Å². The minimum Gasteiger partial charge on any atom is -0.406 e. The fraction of sp³-hybridized carbons (Fsp3) is 0.500. The summed E-state index contributed by atoms with van der Waals surface area (Å²) >= 11 is 0. The van der Waals surface area contributed by atoms with Crippen LogP contribution in [-0.2, 0) is 13.0 Å². The molecule has 6 nitrogen and oxygen atoms in total. The number of rotatable bonds is 6. The van der Waals surface area contributed by atoms with E-state index in [0.29, 0.717) is 25.5 Å². The van der Waals surface area contributed by atoms with Crippen LogP contribution >= 0.6 is 0 Å². The van der Waals surface area contributed by atoms with Crippen molar-refractivity contribution in [1.29, 1.82) is 0 Å². The van der Waals surface area contributed by atoms with Gasteiger partial charge in [0.05, 0.1) is 12.3 Å². The quantitative estimate of drug-likeness (QED) is 0.754. The van der Waals surface area contributed by atoms with Crippen LogP contribution in [0.25, 0.3) is 0 Å². The van der Waals surface area contributed by atoms with Gasteiger partial charge in [-0.15, -0.1) is 13.2 Å².